The molecular formula is C22H18F2N2O2. The summed E-state index contributed by atoms with van der Waals surface area (Å²) < 4.78 is 29.5. The molecule has 2 atom stereocenters. The topological polar surface area (TPSA) is 40.6 Å². The first-order chi connectivity index (χ1) is 13.5. The minimum Gasteiger partial charge on any atom is -0.323 e. The second kappa shape index (κ2) is 7.08. The second-order valence-electron chi connectivity index (χ2n) is 7.08. The Balaban J connectivity index is 1.70. The summed E-state index contributed by atoms with van der Waals surface area (Å²) in [4.78, 5) is 27.5. The maximum atomic E-state index is 14.8. The molecule has 0 unspecified atom stereocenters. The van der Waals surface area contributed by atoms with Crippen molar-refractivity contribution in [1.82, 2.24) is 4.90 Å². The minimum atomic E-state index is -0.982. The van der Waals surface area contributed by atoms with E-state index in [0.717, 1.165) is 25.0 Å². The summed E-state index contributed by atoms with van der Waals surface area (Å²) in [6.45, 7) is 0. The molecule has 1 saturated heterocycles. The zero-order valence-corrected chi connectivity index (χ0v) is 15.3. The van der Waals surface area contributed by atoms with E-state index >= 15 is 0 Å². The van der Waals surface area contributed by atoms with Gasteiger partial charge in [-0.15, -0.1) is 0 Å². The highest BCUT2D eigenvalue weighted by atomic mass is 19.1. The number of carbonyl (C=O) groups is 2. The highest BCUT2D eigenvalue weighted by Crippen LogP contribution is 2.38. The summed E-state index contributed by atoms with van der Waals surface area (Å²) >= 11 is 0. The number of anilines is 1. The number of carbonyl (C=O) groups excluding carboxylic acids is 2. The Morgan fingerprint density at radius 1 is 0.964 bits per heavy atom. The van der Waals surface area contributed by atoms with Crippen LogP contribution in [-0.4, -0.2) is 29.9 Å². The average molecular weight is 380 g/mol. The van der Waals surface area contributed by atoms with Crippen LogP contribution in [0, 0.1) is 29.4 Å². The van der Waals surface area contributed by atoms with Gasteiger partial charge in [-0.05, 0) is 37.1 Å². The third-order valence-corrected chi connectivity index (χ3v) is 5.37. The molecule has 6 heteroatoms. The number of hydrogen-bond acceptors (Lipinski definition) is 2. The minimum absolute atomic E-state index is 0.131. The molecule has 0 bridgehead atoms. The predicted octanol–water partition coefficient (Wildman–Crippen LogP) is 3.93. The lowest BCUT2D eigenvalue weighted by atomic mass is 9.97. The summed E-state index contributed by atoms with van der Waals surface area (Å²) in [5.74, 6) is 2.62. The number of fused-ring (bicyclic) bond motifs is 1. The summed E-state index contributed by atoms with van der Waals surface area (Å²) in [6, 6.07) is 10.2. The van der Waals surface area contributed by atoms with Gasteiger partial charge in [0, 0.05) is 24.2 Å². The van der Waals surface area contributed by atoms with Crippen LogP contribution in [0.4, 0.5) is 19.3 Å². The van der Waals surface area contributed by atoms with Crippen LogP contribution in [-0.2, 0) is 4.79 Å². The van der Waals surface area contributed by atoms with E-state index in [0.29, 0.717) is 16.9 Å². The quantitative estimate of drug-likeness (QED) is 0.704. The summed E-state index contributed by atoms with van der Waals surface area (Å²) in [6.07, 6.45) is 2.15. The number of imide groups is 1. The maximum absolute atomic E-state index is 14.8. The van der Waals surface area contributed by atoms with E-state index < -0.39 is 35.2 Å². The molecule has 1 saturated carbocycles. The predicted molar refractivity (Wildman–Crippen MR) is 101 cm³/mol. The number of amides is 3. The average Bonchev–Trinajstić information content (AvgIpc) is 3.18. The van der Waals surface area contributed by atoms with Gasteiger partial charge in [-0.1, -0.05) is 36.5 Å². The van der Waals surface area contributed by atoms with Crippen molar-refractivity contribution in [2.75, 3.05) is 11.9 Å². The van der Waals surface area contributed by atoms with E-state index in [1.807, 2.05) is 18.2 Å². The third-order valence-electron chi connectivity index (χ3n) is 5.37. The van der Waals surface area contributed by atoms with Crippen molar-refractivity contribution in [1.29, 1.82) is 0 Å². The molecule has 0 aromatic heterocycles. The first-order valence-electron chi connectivity index (χ1n) is 9.14. The highest BCUT2D eigenvalue weighted by Gasteiger charge is 2.48. The lowest BCUT2D eigenvalue weighted by Gasteiger charge is -2.40. The Hall–Kier alpha value is -3.20. The molecule has 0 N–H and O–H groups in total. The van der Waals surface area contributed by atoms with Gasteiger partial charge in [-0.25, -0.2) is 18.5 Å². The molecule has 4 rings (SSSR count). The lowest BCUT2D eigenvalue weighted by Crippen LogP contribution is -2.59. The molecule has 142 valence electrons. The Labute approximate surface area is 161 Å². The number of hydrogen-bond donors (Lipinski definition) is 0. The number of benzene rings is 2. The molecule has 4 nitrogen and oxygen atoms in total. The molecule has 3 amide bonds. The van der Waals surface area contributed by atoms with Crippen LogP contribution in [0.3, 0.4) is 0 Å². The van der Waals surface area contributed by atoms with Crippen LogP contribution >= 0.6 is 0 Å². The van der Waals surface area contributed by atoms with E-state index in [1.54, 1.807) is 19.2 Å². The van der Waals surface area contributed by atoms with Gasteiger partial charge >= 0.3 is 6.03 Å². The number of halogens is 2. The number of nitrogens with zero attached hydrogens (tertiary/aromatic N) is 2. The van der Waals surface area contributed by atoms with Crippen LogP contribution in [0.5, 0.6) is 0 Å². The molecule has 2 fully saturated rings. The van der Waals surface area contributed by atoms with Gasteiger partial charge < -0.3 is 4.90 Å². The molecule has 28 heavy (non-hydrogen) atoms. The Morgan fingerprint density at radius 2 is 1.61 bits per heavy atom. The smallest absolute Gasteiger partial charge is 0.323 e. The standard InChI is InChI=1S/C22H18F2N2O2/c1-25-19-9-5-8-16(19)21(27)26(22(25)28)20-17(23)12-15(13-18(20)24)11-10-14-6-3-2-4-7-14/h2-4,6-7,12-13,16,19H,5,8-9H2,1H3/t16-,19+/m0/s1. The van der Waals surface area contributed by atoms with E-state index in [9.17, 15) is 18.4 Å². The first kappa shape index (κ1) is 18.2. The normalized spacial score (nSPS) is 21.4. The summed E-state index contributed by atoms with van der Waals surface area (Å²) in [5, 5.41) is 0. The van der Waals surface area contributed by atoms with Gasteiger partial charge in [0.2, 0.25) is 5.91 Å². The molecule has 1 heterocycles. The van der Waals surface area contributed by atoms with Crippen molar-refractivity contribution >= 4 is 17.6 Å². The summed E-state index contributed by atoms with van der Waals surface area (Å²) in [7, 11) is 1.57. The fourth-order valence-electron chi connectivity index (χ4n) is 3.97. The van der Waals surface area contributed by atoms with Crippen LogP contribution < -0.4 is 4.90 Å². The Bertz CT molecular complexity index is 987. The van der Waals surface area contributed by atoms with Crippen LogP contribution in [0.2, 0.25) is 0 Å². The van der Waals surface area contributed by atoms with E-state index in [4.69, 9.17) is 0 Å². The van der Waals surface area contributed by atoms with Crippen molar-refractivity contribution in [2.24, 2.45) is 5.92 Å². The molecular weight excluding hydrogens is 362 g/mol. The van der Waals surface area contributed by atoms with Gasteiger partial charge in [0.15, 0.2) is 11.6 Å². The third kappa shape index (κ3) is 3.03. The SMILES string of the molecule is CN1C(=O)N(c2c(F)cc(C#Cc3ccccc3)cc2F)C(=O)[C@H]2CCC[C@H]21. The van der Waals surface area contributed by atoms with Crippen molar-refractivity contribution in [3.63, 3.8) is 0 Å². The first-order valence-corrected chi connectivity index (χ1v) is 9.14. The Kier molecular flexibility index (Phi) is 4.60. The summed E-state index contributed by atoms with van der Waals surface area (Å²) in [5.41, 5.74) is 0.215. The highest BCUT2D eigenvalue weighted by molar-refractivity contribution is 6.17. The van der Waals surface area contributed by atoms with Crippen molar-refractivity contribution < 1.29 is 18.4 Å². The van der Waals surface area contributed by atoms with Crippen LogP contribution in [0.25, 0.3) is 0 Å². The van der Waals surface area contributed by atoms with Gasteiger partial charge in [-0.2, -0.15) is 0 Å². The van der Waals surface area contributed by atoms with Crippen LogP contribution in [0.15, 0.2) is 42.5 Å². The zero-order chi connectivity index (χ0) is 19.8. The van der Waals surface area contributed by atoms with Gasteiger partial charge in [0.05, 0.1) is 5.92 Å². The fraction of sp³-hybridized carbons (Fsp3) is 0.273. The molecule has 2 aromatic rings. The van der Waals surface area contributed by atoms with Crippen molar-refractivity contribution in [2.45, 2.75) is 25.3 Å². The van der Waals surface area contributed by atoms with Gasteiger partial charge in [0.1, 0.15) is 5.69 Å². The van der Waals surface area contributed by atoms with E-state index in [1.165, 1.54) is 4.90 Å². The van der Waals surface area contributed by atoms with Crippen molar-refractivity contribution in [3.05, 3.63) is 65.2 Å². The molecule has 1 aliphatic heterocycles. The lowest BCUT2D eigenvalue weighted by molar-refractivity contribution is -0.124. The maximum Gasteiger partial charge on any atom is 0.331 e. The monoisotopic (exact) mass is 380 g/mol. The zero-order valence-electron chi connectivity index (χ0n) is 15.3. The molecule has 0 radical (unpaired) electrons. The number of urea groups is 1. The Morgan fingerprint density at radius 3 is 2.29 bits per heavy atom. The van der Waals surface area contributed by atoms with E-state index in [-0.39, 0.29) is 11.6 Å². The molecule has 2 aromatic carbocycles. The van der Waals surface area contributed by atoms with Gasteiger partial charge in [-0.3, -0.25) is 4.79 Å². The van der Waals surface area contributed by atoms with Gasteiger partial charge in [0.25, 0.3) is 0 Å². The number of rotatable bonds is 1. The molecule has 0 spiro atoms. The second-order valence-corrected chi connectivity index (χ2v) is 7.08. The van der Waals surface area contributed by atoms with E-state index in [2.05, 4.69) is 11.8 Å². The molecule has 2 aliphatic rings. The van der Waals surface area contributed by atoms with Crippen molar-refractivity contribution in [3.8, 4) is 11.8 Å². The fourth-order valence-corrected chi connectivity index (χ4v) is 3.97. The van der Waals surface area contributed by atoms with Crippen LogP contribution in [0.1, 0.15) is 30.4 Å². The largest absolute Gasteiger partial charge is 0.331 e. The molecule has 1 aliphatic carbocycles.